The maximum Gasteiger partial charge on any atom is 0.269 e. The van der Waals surface area contributed by atoms with Crippen molar-refractivity contribution >= 4 is 56.3 Å². The van der Waals surface area contributed by atoms with Crippen molar-refractivity contribution in [1.29, 1.82) is 0 Å². The average molecular weight is 449 g/mol. The number of halogens is 1. The number of carbonyl (C=O) groups is 1. The number of rotatable bonds is 7. The van der Waals surface area contributed by atoms with Crippen molar-refractivity contribution in [2.45, 2.75) is 19.9 Å². The molecule has 1 aromatic heterocycles. The molecule has 29 heavy (non-hydrogen) atoms. The minimum absolute atomic E-state index is 0.230. The molecule has 3 aromatic rings. The summed E-state index contributed by atoms with van der Waals surface area (Å²) in [7, 11) is 1.60. The number of ether oxygens (including phenoxy) is 2. The second-order valence-electron chi connectivity index (χ2n) is 6.21. The van der Waals surface area contributed by atoms with Gasteiger partial charge >= 0.3 is 0 Å². The molecule has 0 bridgehead atoms. The number of thiophene rings is 1. The normalized spacial score (nSPS) is 10.6. The molecule has 2 aromatic carbocycles. The summed E-state index contributed by atoms with van der Waals surface area (Å²) in [5.74, 6) is 1.03. The topological polar surface area (TPSA) is 59.6 Å². The minimum Gasteiger partial charge on any atom is -0.493 e. The fourth-order valence-electron chi connectivity index (χ4n) is 2.70. The lowest BCUT2D eigenvalue weighted by Gasteiger charge is -2.13. The fourth-order valence-corrected chi connectivity index (χ4v) is 4.28. The zero-order valence-electron chi connectivity index (χ0n) is 16.1. The molecule has 0 atom stereocenters. The Hall–Kier alpha value is -2.35. The van der Waals surface area contributed by atoms with Gasteiger partial charge in [0.1, 0.15) is 4.88 Å². The number of carbonyl (C=O) groups excluding carboxylic acids is 1. The Bertz CT molecular complexity index is 1040. The van der Waals surface area contributed by atoms with Gasteiger partial charge in [-0.1, -0.05) is 42.8 Å². The van der Waals surface area contributed by atoms with Crippen molar-refractivity contribution in [3.8, 4) is 11.5 Å². The molecule has 152 valence electrons. The van der Waals surface area contributed by atoms with Crippen molar-refractivity contribution in [2.75, 3.05) is 13.7 Å². The summed E-state index contributed by atoms with van der Waals surface area (Å²) in [6, 6.07) is 13.3. The van der Waals surface area contributed by atoms with Crippen LogP contribution in [0, 0.1) is 0 Å². The number of methoxy groups -OCH3 is 1. The number of hydrogen-bond acceptors (Lipinski definition) is 5. The van der Waals surface area contributed by atoms with E-state index < -0.39 is 0 Å². The number of benzene rings is 2. The maximum absolute atomic E-state index is 12.6. The SMILES string of the molecule is CCCOc1ccc(CNC(=S)NC(=O)c2sc3ccccc3c2Cl)cc1OC. The van der Waals surface area contributed by atoms with E-state index in [0.717, 1.165) is 22.1 Å². The van der Waals surface area contributed by atoms with E-state index in [-0.39, 0.29) is 11.0 Å². The summed E-state index contributed by atoms with van der Waals surface area (Å²) in [5, 5.41) is 7.25. The van der Waals surface area contributed by atoms with Crippen LogP contribution in [0.5, 0.6) is 11.5 Å². The van der Waals surface area contributed by atoms with E-state index in [2.05, 4.69) is 10.6 Å². The number of amides is 1. The predicted octanol–water partition coefficient (Wildman–Crippen LogP) is 5.16. The van der Waals surface area contributed by atoms with E-state index in [1.165, 1.54) is 11.3 Å². The molecule has 5 nitrogen and oxygen atoms in total. The Labute approximate surface area is 184 Å². The third-order valence-electron chi connectivity index (χ3n) is 4.11. The standard InChI is InChI=1S/C21H21ClN2O3S2/c1-3-10-27-15-9-8-13(11-16(15)26-2)12-23-21(28)24-20(25)19-18(22)14-6-4-5-7-17(14)29-19/h4-9,11H,3,10,12H2,1-2H3,(H2,23,24,25,28). The van der Waals surface area contributed by atoms with Gasteiger partial charge in [-0.05, 0) is 42.4 Å². The van der Waals surface area contributed by atoms with E-state index in [0.29, 0.717) is 34.6 Å². The Balaban J connectivity index is 1.60. The van der Waals surface area contributed by atoms with Gasteiger partial charge in [0.15, 0.2) is 16.6 Å². The van der Waals surface area contributed by atoms with E-state index in [4.69, 9.17) is 33.3 Å². The maximum atomic E-state index is 12.6. The molecule has 8 heteroatoms. The third kappa shape index (κ3) is 5.18. The average Bonchev–Trinajstić information content (AvgIpc) is 3.08. The van der Waals surface area contributed by atoms with Gasteiger partial charge in [-0.15, -0.1) is 11.3 Å². The van der Waals surface area contributed by atoms with Crippen molar-refractivity contribution in [2.24, 2.45) is 0 Å². The predicted molar refractivity (Wildman–Crippen MR) is 123 cm³/mol. The van der Waals surface area contributed by atoms with E-state index in [1.807, 2.05) is 49.4 Å². The quantitative estimate of drug-likeness (QED) is 0.489. The minimum atomic E-state index is -0.324. The summed E-state index contributed by atoms with van der Waals surface area (Å²) in [6.45, 7) is 3.11. The van der Waals surface area contributed by atoms with Crippen LogP contribution in [0.15, 0.2) is 42.5 Å². The third-order valence-corrected chi connectivity index (χ3v) is 6.03. The van der Waals surface area contributed by atoms with Gasteiger partial charge in [-0.3, -0.25) is 10.1 Å². The Morgan fingerprint density at radius 1 is 1.21 bits per heavy atom. The molecule has 0 aliphatic heterocycles. The zero-order valence-corrected chi connectivity index (χ0v) is 18.5. The van der Waals surface area contributed by atoms with Crippen LogP contribution in [0.4, 0.5) is 0 Å². The van der Waals surface area contributed by atoms with Gasteiger partial charge in [0.05, 0.1) is 18.7 Å². The Morgan fingerprint density at radius 2 is 2.00 bits per heavy atom. The van der Waals surface area contributed by atoms with Gasteiger partial charge in [0, 0.05) is 16.6 Å². The van der Waals surface area contributed by atoms with E-state index in [9.17, 15) is 4.79 Å². The van der Waals surface area contributed by atoms with Crippen molar-refractivity contribution in [3.05, 3.63) is 57.9 Å². The van der Waals surface area contributed by atoms with Crippen molar-refractivity contribution < 1.29 is 14.3 Å². The molecular formula is C21H21ClN2O3S2. The Morgan fingerprint density at radius 3 is 2.72 bits per heavy atom. The number of thiocarbonyl (C=S) groups is 1. The van der Waals surface area contributed by atoms with Crippen LogP contribution in [0.2, 0.25) is 5.02 Å². The highest BCUT2D eigenvalue weighted by molar-refractivity contribution is 7.80. The van der Waals surface area contributed by atoms with Crippen molar-refractivity contribution in [3.63, 3.8) is 0 Å². The molecule has 0 fully saturated rings. The molecule has 0 saturated carbocycles. The lowest BCUT2D eigenvalue weighted by molar-refractivity contribution is 0.0981. The highest BCUT2D eigenvalue weighted by atomic mass is 35.5. The van der Waals surface area contributed by atoms with Crippen LogP contribution in [-0.2, 0) is 6.54 Å². The molecular weight excluding hydrogens is 428 g/mol. The van der Waals surface area contributed by atoms with Gasteiger partial charge in [-0.2, -0.15) is 0 Å². The van der Waals surface area contributed by atoms with Crippen LogP contribution in [0.3, 0.4) is 0 Å². The van der Waals surface area contributed by atoms with Crippen LogP contribution in [-0.4, -0.2) is 24.7 Å². The first-order valence-corrected chi connectivity index (χ1v) is 10.7. The lowest BCUT2D eigenvalue weighted by Crippen LogP contribution is -2.38. The first kappa shape index (κ1) is 21.4. The first-order chi connectivity index (χ1) is 14.0. The number of nitrogens with one attached hydrogen (secondary N) is 2. The highest BCUT2D eigenvalue weighted by Gasteiger charge is 2.17. The molecule has 1 heterocycles. The van der Waals surface area contributed by atoms with E-state index in [1.54, 1.807) is 7.11 Å². The van der Waals surface area contributed by atoms with Gasteiger partial charge < -0.3 is 14.8 Å². The summed E-state index contributed by atoms with van der Waals surface area (Å²) in [4.78, 5) is 13.0. The van der Waals surface area contributed by atoms with Crippen LogP contribution >= 0.6 is 35.2 Å². The summed E-state index contributed by atoms with van der Waals surface area (Å²) >= 11 is 13.0. The molecule has 0 saturated heterocycles. The number of fused-ring (bicyclic) bond motifs is 1. The second-order valence-corrected chi connectivity index (χ2v) is 8.05. The van der Waals surface area contributed by atoms with E-state index >= 15 is 0 Å². The van der Waals surface area contributed by atoms with Gasteiger partial charge in [-0.25, -0.2) is 0 Å². The largest absolute Gasteiger partial charge is 0.493 e. The van der Waals surface area contributed by atoms with Crippen LogP contribution in [0.1, 0.15) is 28.6 Å². The zero-order chi connectivity index (χ0) is 20.8. The van der Waals surface area contributed by atoms with Crippen molar-refractivity contribution in [1.82, 2.24) is 10.6 Å². The summed E-state index contributed by atoms with van der Waals surface area (Å²) in [6.07, 6.45) is 0.921. The molecule has 0 spiro atoms. The summed E-state index contributed by atoms with van der Waals surface area (Å²) in [5.41, 5.74) is 0.946. The monoisotopic (exact) mass is 448 g/mol. The molecule has 2 N–H and O–H groups in total. The molecule has 3 rings (SSSR count). The molecule has 1 amide bonds. The molecule has 0 radical (unpaired) electrons. The van der Waals surface area contributed by atoms with Gasteiger partial charge in [0.25, 0.3) is 5.91 Å². The molecule has 0 unspecified atom stereocenters. The Kier molecular flexibility index (Phi) is 7.30. The molecule has 0 aliphatic carbocycles. The highest BCUT2D eigenvalue weighted by Crippen LogP contribution is 2.35. The second kappa shape index (κ2) is 9.91. The first-order valence-electron chi connectivity index (χ1n) is 9.09. The smallest absolute Gasteiger partial charge is 0.269 e. The number of hydrogen-bond donors (Lipinski definition) is 2. The molecule has 0 aliphatic rings. The van der Waals surface area contributed by atoms with Gasteiger partial charge in [0.2, 0.25) is 0 Å². The van der Waals surface area contributed by atoms with Crippen LogP contribution < -0.4 is 20.1 Å². The fraction of sp³-hybridized carbons (Fsp3) is 0.238. The summed E-state index contributed by atoms with van der Waals surface area (Å²) < 4.78 is 12.0. The van der Waals surface area contributed by atoms with Crippen LogP contribution in [0.25, 0.3) is 10.1 Å². The lowest BCUT2D eigenvalue weighted by atomic mass is 10.2.